The molecule has 6 heteroatoms. The number of aromatic nitrogens is 1. The van der Waals surface area contributed by atoms with E-state index in [2.05, 4.69) is 15.6 Å². The molecule has 2 atom stereocenters. The van der Waals surface area contributed by atoms with Crippen LogP contribution in [0.5, 0.6) is 0 Å². The fraction of sp³-hybridized carbons (Fsp3) is 0.350. The van der Waals surface area contributed by atoms with E-state index in [0.29, 0.717) is 5.56 Å². The van der Waals surface area contributed by atoms with Crippen molar-refractivity contribution in [2.24, 2.45) is 0 Å². The van der Waals surface area contributed by atoms with Gasteiger partial charge in [0.25, 0.3) is 5.91 Å². The van der Waals surface area contributed by atoms with Crippen molar-refractivity contribution in [3.63, 3.8) is 0 Å². The summed E-state index contributed by atoms with van der Waals surface area (Å²) in [7, 11) is 0. The maximum atomic E-state index is 13.0. The lowest BCUT2D eigenvalue weighted by molar-refractivity contribution is -0.138. The molecule has 1 aliphatic rings. The fourth-order valence-corrected chi connectivity index (χ4v) is 3.19. The van der Waals surface area contributed by atoms with E-state index in [1.54, 1.807) is 6.20 Å². The highest BCUT2D eigenvalue weighted by atomic mass is 19.1. The van der Waals surface area contributed by atoms with Crippen molar-refractivity contribution in [2.75, 3.05) is 6.54 Å². The van der Waals surface area contributed by atoms with E-state index in [-0.39, 0.29) is 24.3 Å². The van der Waals surface area contributed by atoms with Crippen LogP contribution in [-0.4, -0.2) is 29.3 Å². The number of piperidine rings is 1. The van der Waals surface area contributed by atoms with Crippen LogP contribution in [0, 0.1) is 5.82 Å². The molecule has 136 valence electrons. The van der Waals surface area contributed by atoms with Crippen LogP contribution in [0.1, 0.15) is 36.6 Å². The molecule has 2 heterocycles. The average Bonchev–Trinajstić information content (AvgIpc) is 2.69. The zero-order valence-corrected chi connectivity index (χ0v) is 14.5. The Balaban J connectivity index is 1.69. The summed E-state index contributed by atoms with van der Waals surface area (Å²) in [6.07, 6.45) is 4.70. The van der Waals surface area contributed by atoms with Crippen molar-refractivity contribution in [3.8, 4) is 0 Å². The summed E-state index contributed by atoms with van der Waals surface area (Å²) in [5.41, 5.74) is 1.34. The smallest absolute Gasteiger partial charge is 0.288 e. The minimum Gasteiger partial charge on any atom is -0.340 e. The number of carbonyl (C=O) groups excluding carboxylic acids is 2. The molecular weight excluding hydrogens is 333 g/mol. The van der Waals surface area contributed by atoms with Gasteiger partial charge >= 0.3 is 0 Å². The van der Waals surface area contributed by atoms with Crippen molar-refractivity contribution < 1.29 is 14.0 Å². The molecule has 2 unspecified atom stereocenters. The Morgan fingerprint density at radius 3 is 2.65 bits per heavy atom. The van der Waals surface area contributed by atoms with Crippen LogP contribution in [0.15, 0.2) is 48.7 Å². The van der Waals surface area contributed by atoms with Gasteiger partial charge in [0.05, 0.1) is 11.7 Å². The summed E-state index contributed by atoms with van der Waals surface area (Å²) in [4.78, 5) is 29.1. The maximum Gasteiger partial charge on any atom is 0.288 e. The highest BCUT2D eigenvalue weighted by molar-refractivity contribution is 6.36. The molecule has 2 aromatic rings. The quantitative estimate of drug-likeness (QED) is 0.780. The van der Waals surface area contributed by atoms with E-state index in [9.17, 15) is 14.0 Å². The molecule has 0 saturated carbocycles. The van der Waals surface area contributed by atoms with E-state index >= 15 is 0 Å². The summed E-state index contributed by atoms with van der Waals surface area (Å²) in [6.45, 7) is 0.882. The number of amides is 1. The summed E-state index contributed by atoms with van der Waals surface area (Å²) >= 11 is 0. The molecule has 1 aromatic carbocycles. The molecule has 3 rings (SSSR count). The van der Waals surface area contributed by atoms with Gasteiger partial charge in [-0.3, -0.25) is 14.6 Å². The minimum absolute atomic E-state index is 0.0428. The Kier molecular flexibility index (Phi) is 6.07. The van der Waals surface area contributed by atoms with Gasteiger partial charge in [0.15, 0.2) is 0 Å². The predicted molar refractivity (Wildman–Crippen MR) is 95.9 cm³/mol. The van der Waals surface area contributed by atoms with Crippen molar-refractivity contribution in [1.29, 1.82) is 0 Å². The van der Waals surface area contributed by atoms with Gasteiger partial charge in [-0.1, -0.05) is 24.6 Å². The Bertz CT molecular complexity index is 743. The van der Waals surface area contributed by atoms with E-state index in [1.165, 1.54) is 24.3 Å². The van der Waals surface area contributed by atoms with Gasteiger partial charge in [-0.05, 0) is 49.2 Å². The number of pyridine rings is 1. The number of rotatable bonds is 6. The second-order valence-electron chi connectivity index (χ2n) is 6.49. The van der Waals surface area contributed by atoms with Crippen molar-refractivity contribution in [1.82, 2.24) is 15.6 Å². The molecule has 2 N–H and O–H groups in total. The first-order valence-corrected chi connectivity index (χ1v) is 8.86. The molecule has 1 saturated heterocycles. The van der Waals surface area contributed by atoms with Crippen molar-refractivity contribution in [3.05, 3.63) is 65.7 Å². The van der Waals surface area contributed by atoms with Crippen LogP contribution in [0.4, 0.5) is 4.39 Å². The molecule has 1 fully saturated rings. The number of halogens is 1. The summed E-state index contributed by atoms with van der Waals surface area (Å²) in [5, 5.41) is 6.26. The van der Waals surface area contributed by atoms with E-state index in [1.807, 2.05) is 18.2 Å². The van der Waals surface area contributed by atoms with Gasteiger partial charge in [-0.2, -0.15) is 0 Å². The largest absolute Gasteiger partial charge is 0.340 e. The maximum absolute atomic E-state index is 13.0. The van der Waals surface area contributed by atoms with Gasteiger partial charge in [0, 0.05) is 18.7 Å². The third kappa shape index (κ3) is 4.73. The first kappa shape index (κ1) is 18.2. The number of hydrogen-bond acceptors (Lipinski definition) is 4. The number of nitrogens with zero attached hydrogens (tertiary/aromatic N) is 1. The summed E-state index contributed by atoms with van der Waals surface area (Å²) < 4.78 is 13.0. The van der Waals surface area contributed by atoms with Gasteiger partial charge in [0.1, 0.15) is 5.82 Å². The van der Waals surface area contributed by atoms with Crippen LogP contribution in [-0.2, 0) is 16.0 Å². The molecule has 0 spiro atoms. The molecule has 0 radical (unpaired) electrons. The standard InChI is InChI=1S/C20H22FN3O2/c21-15-9-7-14(8-10-15)13-18(25)20(26)24-19(16-5-1-3-11-22-16)17-6-2-4-12-23-17/h1,3,5,7-11,17,19,23H,2,4,6,12-13H2,(H,24,26). The first-order valence-electron chi connectivity index (χ1n) is 8.86. The minimum atomic E-state index is -0.641. The Hall–Kier alpha value is -2.60. The second kappa shape index (κ2) is 8.67. The molecule has 1 aromatic heterocycles. The van der Waals surface area contributed by atoms with Crippen LogP contribution in [0.25, 0.3) is 0 Å². The van der Waals surface area contributed by atoms with E-state index < -0.39 is 11.7 Å². The highest BCUT2D eigenvalue weighted by Gasteiger charge is 2.29. The van der Waals surface area contributed by atoms with Crippen LogP contribution >= 0.6 is 0 Å². The Morgan fingerprint density at radius 1 is 1.19 bits per heavy atom. The summed E-state index contributed by atoms with van der Waals surface area (Å²) in [6, 6.07) is 10.8. The number of Topliss-reactive ketones (excluding diaryl/α,β-unsaturated/α-hetero) is 1. The van der Waals surface area contributed by atoms with Gasteiger partial charge in [-0.25, -0.2) is 4.39 Å². The zero-order chi connectivity index (χ0) is 18.4. The fourth-order valence-electron chi connectivity index (χ4n) is 3.19. The first-order chi connectivity index (χ1) is 12.6. The molecule has 0 aliphatic carbocycles. The normalized spacial score (nSPS) is 18.1. The lowest BCUT2D eigenvalue weighted by Crippen LogP contribution is -2.48. The highest BCUT2D eigenvalue weighted by Crippen LogP contribution is 2.21. The molecule has 1 aliphatic heterocycles. The van der Waals surface area contributed by atoms with E-state index in [0.717, 1.165) is 31.5 Å². The van der Waals surface area contributed by atoms with Crippen molar-refractivity contribution in [2.45, 2.75) is 37.8 Å². The number of benzene rings is 1. The molecule has 5 nitrogen and oxygen atoms in total. The SMILES string of the molecule is O=C(Cc1ccc(F)cc1)C(=O)NC(c1ccccn1)C1CCCCN1. The second-order valence-corrected chi connectivity index (χ2v) is 6.49. The topological polar surface area (TPSA) is 71.1 Å². The van der Waals surface area contributed by atoms with Crippen LogP contribution < -0.4 is 10.6 Å². The third-order valence-electron chi connectivity index (χ3n) is 4.58. The van der Waals surface area contributed by atoms with Gasteiger partial charge < -0.3 is 10.6 Å². The number of ketones is 1. The van der Waals surface area contributed by atoms with E-state index in [4.69, 9.17) is 0 Å². The zero-order valence-electron chi connectivity index (χ0n) is 14.5. The summed E-state index contributed by atoms with van der Waals surface area (Å²) in [5.74, 6) is -1.56. The third-order valence-corrected chi connectivity index (χ3v) is 4.58. The average molecular weight is 355 g/mol. The predicted octanol–water partition coefficient (Wildman–Crippen LogP) is 2.33. The lowest BCUT2D eigenvalue weighted by Gasteiger charge is -2.31. The Morgan fingerprint density at radius 2 is 2.00 bits per heavy atom. The van der Waals surface area contributed by atoms with Crippen LogP contribution in [0.3, 0.4) is 0 Å². The molecule has 1 amide bonds. The number of nitrogens with one attached hydrogen (secondary N) is 2. The van der Waals surface area contributed by atoms with Crippen molar-refractivity contribution >= 4 is 11.7 Å². The number of hydrogen-bond donors (Lipinski definition) is 2. The van der Waals surface area contributed by atoms with Gasteiger partial charge in [-0.15, -0.1) is 0 Å². The Labute approximate surface area is 152 Å². The van der Waals surface area contributed by atoms with Crippen LogP contribution in [0.2, 0.25) is 0 Å². The number of carbonyl (C=O) groups is 2. The monoisotopic (exact) mass is 355 g/mol. The molecular formula is C20H22FN3O2. The lowest BCUT2D eigenvalue weighted by atomic mass is 9.95. The molecule has 26 heavy (non-hydrogen) atoms. The van der Waals surface area contributed by atoms with Gasteiger partial charge in [0.2, 0.25) is 5.78 Å². The molecule has 0 bridgehead atoms.